The molecule has 1 aliphatic heterocycles. The van der Waals surface area contributed by atoms with Gasteiger partial charge in [-0.05, 0) is 37.1 Å². The van der Waals surface area contributed by atoms with Crippen LogP contribution in [-0.2, 0) is 0 Å². The minimum Gasteiger partial charge on any atom is -0.459 e. The smallest absolute Gasteiger partial charge is 0.229 e. The van der Waals surface area contributed by atoms with Crippen LogP contribution < -0.4 is 21.7 Å². The van der Waals surface area contributed by atoms with Crippen LogP contribution in [-0.4, -0.2) is 35.8 Å². The Morgan fingerprint density at radius 3 is 2.96 bits per heavy atom. The van der Waals surface area contributed by atoms with E-state index in [0.717, 1.165) is 36.5 Å². The molecular weight excluding hydrogens is 330 g/mol. The highest BCUT2D eigenvalue weighted by Crippen LogP contribution is 2.31. The number of anilines is 4. The Bertz CT molecular complexity index is 952. The highest BCUT2D eigenvalue weighted by atomic mass is 16.3. The second-order valence-electron chi connectivity index (χ2n) is 6.46. The van der Waals surface area contributed by atoms with Crippen molar-refractivity contribution in [1.29, 1.82) is 5.41 Å². The fraction of sp³-hybridized carbons (Fsp3) is 0.278. The van der Waals surface area contributed by atoms with E-state index < -0.39 is 0 Å². The second kappa shape index (κ2) is 6.64. The van der Waals surface area contributed by atoms with Gasteiger partial charge in [0.05, 0.1) is 6.26 Å². The van der Waals surface area contributed by atoms with E-state index in [1.807, 2.05) is 12.1 Å². The summed E-state index contributed by atoms with van der Waals surface area (Å²) in [7, 11) is 0. The zero-order valence-corrected chi connectivity index (χ0v) is 14.3. The number of nitrogens with two attached hydrogens (primary N) is 2. The number of hydrogen-bond donors (Lipinski definition) is 4. The van der Waals surface area contributed by atoms with Gasteiger partial charge in [0.1, 0.15) is 5.52 Å². The van der Waals surface area contributed by atoms with Gasteiger partial charge in [-0.2, -0.15) is 4.98 Å². The molecule has 1 saturated heterocycles. The minimum absolute atomic E-state index is 0.472. The highest BCUT2D eigenvalue weighted by molar-refractivity contribution is 5.87. The van der Waals surface area contributed by atoms with Crippen molar-refractivity contribution in [1.82, 2.24) is 9.97 Å². The summed E-state index contributed by atoms with van der Waals surface area (Å²) >= 11 is 0. The Labute approximate surface area is 150 Å². The number of aromatic nitrogens is 2. The second-order valence-corrected chi connectivity index (χ2v) is 6.46. The van der Waals surface area contributed by atoms with E-state index >= 15 is 0 Å². The lowest BCUT2D eigenvalue weighted by atomic mass is 10.1. The molecule has 0 bridgehead atoms. The third kappa shape index (κ3) is 2.95. The molecule has 0 amide bonds. The molecule has 1 aliphatic rings. The third-order valence-corrected chi connectivity index (χ3v) is 4.70. The van der Waals surface area contributed by atoms with Crippen LogP contribution in [0.1, 0.15) is 12.0 Å². The topological polar surface area (TPSA) is 130 Å². The van der Waals surface area contributed by atoms with Crippen LogP contribution in [0, 0.1) is 11.3 Å². The Hall–Kier alpha value is -3.13. The van der Waals surface area contributed by atoms with Crippen molar-refractivity contribution in [3.8, 4) is 0 Å². The van der Waals surface area contributed by atoms with E-state index in [4.69, 9.17) is 21.3 Å². The van der Waals surface area contributed by atoms with E-state index in [1.54, 1.807) is 18.4 Å². The number of furan rings is 1. The molecule has 8 nitrogen and oxygen atoms in total. The van der Waals surface area contributed by atoms with Gasteiger partial charge in [0.25, 0.3) is 0 Å². The normalized spacial score (nSPS) is 17.0. The maximum absolute atomic E-state index is 7.33. The molecule has 8 heteroatoms. The lowest BCUT2D eigenvalue weighted by Gasteiger charge is -2.18. The number of nitrogen functional groups attached to an aromatic ring is 1. The molecule has 1 fully saturated rings. The van der Waals surface area contributed by atoms with E-state index in [9.17, 15) is 0 Å². The average molecular weight is 351 g/mol. The van der Waals surface area contributed by atoms with Crippen LogP contribution in [0.4, 0.5) is 23.1 Å². The zero-order chi connectivity index (χ0) is 18.1. The SMILES string of the molecule is N=Cc1ccc(Nc2nc(N3CCC(CN)C3)c3occc3n2)cc1N. The number of rotatable bonds is 5. The largest absolute Gasteiger partial charge is 0.459 e. The lowest BCUT2D eigenvalue weighted by molar-refractivity contribution is 0.598. The van der Waals surface area contributed by atoms with Crippen molar-refractivity contribution < 1.29 is 4.42 Å². The molecule has 1 unspecified atom stereocenters. The predicted molar refractivity (Wildman–Crippen MR) is 103 cm³/mol. The van der Waals surface area contributed by atoms with E-state index in [-0.39, 0.29) is 0 Å². The summed E-state index contributed by atoms with van der Waals surface area (Å²) in [5.74, 6) is 1.73. The van der Waals surface area contributed by atoms with Crippen LogP contribution in [0.5, 0.6) is 0 Å². The monoisotopic (exact) mass is 351 g/mol. The van der Waals surface area contributed by atoms with Crippen molar-refractivity contribution in [3.63, 3.8) is 0 Å². The molecule has 0 spiro atoms. The average Bonchev–Trinajstić information content (AvgIpc) is 3.30. The molecule has 0 saturated carbocycles. The molecule has 3 heterocycles. The van der Waals surface area contributed by atoms with Crippen LogP contribution in [0.15, 0.2) is 34.9 Å². The Morgan fingerprint density at radius 2 is 2.23 bits per heavy atom. The van der Waals surface area contributed by atoms with Crippen molar-refractivity contribution >= 4 is 40.5 Å². The van der Waals surface area contributed by atoms with Crippen molar-refractivity contribution in [2.45, 2.75) is 6.42 Å². The van der Waals surface area contributed by atoms with Crippen LogP contribution in [0.2, 0.25) is 0 Å². The first-order valence-corrected chi connectivity index (χ1v) is 8.55. The maximum atomic E-state index is 7.33. The third-order valence-electron chi connectivity index (χ3n) is 4.70. The van der Waals surface area contributed by atoms with Crippen molar-refractivity contribution in [2.24, 2.45) is 11.7 Å². The number of nitrogens with one attached hydrogen (secondary N) is 2. The number of benzene rings is 1. The highest BCUT2D eigenvalue weighted by Gasteiger charge is 2.25. The van der Waals surface area contributed by atoms with Gasteiger partial charge in [-0.15, -0.1) is 0 Å². The predicted octanol–water partition coefficient (Wildman–Crippen LogP) is 2.33. The number of hydrogen-bond acceptors (Lipinski definition) is 8. The molecule has 0 aliphatic carbocycles. The molecule has 1 atom stereocenters. The molecule has 134 valence electrons. The van der Waals surface area contributed by atoms with Crippen LogP contribution in [0.3, 0.4) is 0 Å². The van der Waals surface area contributed by atoms with E-state index in [0.29, 0.717) is 35.2 Å². The molecule has 6 N–H and O–H groups in total. The molecule has 1 aromatic carbocycles. The molecule has 0 radical (unpaired) electrons. The summed E-state index contributed by atoms with van der Waals surface area (Å²) in [5, 5.41) is 10.5. The quantitative estimate of drug-likeness (QED) is 0.410. The molecular formula is C18H21N7O. The van der Waals surface area contributed by atoms with Gasteiger partial charge < -0.3 is 31.5 Å². The minimum atomic E-state index is 0.472. The van der Waals surface area contributed by atoms with Crippen LogP contribution >= 0.6 is 0 Å². The first-order valence-electron chi connectivity index (χ1n) is 8.55. The lowest BCUT2D eigenvalue weighted by Crippen LogP contribution is -2.24. The van der Waals surface area contributed by atoms with Gasteiger partial charge in [-0.25, -0.2) is 4.98 Å². The number of nitrogens with zero attached hydrogens (tertiary/aromatic N) is 3. The fourth-order valence-electron chi connectivity index (χ4n) is 3.25. The molecule has 26 heavy (non-hydrogen) atoms. The summed E-state index contributed by atoms with van der Waals surface area (Å²) < 4.78 is 5.61. The maximum Gasteiger partial charge on any atom is 0.229 e. The van der Waals surface area contributed by atoms with E-state index in [1.165, 1.54) is 6.21 Å². The zero-order valence-electron chi connectivity index (χ0n) is 14.3. The van der Waals surface area contributed by atoms with E-state index in [2.05, 4.69) is 20.2 Å². The Morgan fingerprint density at radius 1 is 1.35 bits per heavy atom. The summed E-state index contributed by atoms with van der Waals surface area (Å²) in [6, 6.07) is 7.23. The summed E-state index contributed by atoms with van der Waals surface area (Å²) in [6.45, 7) is 2.44. The van der Waals surface area contributed by atoms with Gasteiger partial charge in [0.15, 0.2) is 11.4 Å². The Balaban J connectivity index is 1.68. The first-order chi connectivity index (χ1) is 12.7. The van der Waals surface area contributed by atoms with Crippen molar-refractivity contribution in [3.05, 3.63) is 36.1 Å². The van der Waals surface area contributed by atoms with Gasteiger partial charge in [-0.1, -0.05) is 0 Å². The van der Waals surface area contributed by atoms with Gasteiger partial charge in [0.2, 0.25) is 5.95 Å². The Kier molecular flexibility index (Phi) is 4.18. The van der Waals surface area contributed by atoms with Crippen molar-refractivity contribution in [2.75, 3.05) is 35.6 Å². The summed E-state index contributed by atoms with van der Waals surface area (Å²) in [4.78, 5) is 11.4. The fourth-order valence-corrected chi connectivity index (χ4v) is 3.25. The number of fused-ring (bicyclic) bond motifs is 1. The van der Waals surface area contributed by atoms with Gasteiger partial charge in [0, 0.05) is 42.3 Å². The summed E-state index contributed by atoms with van der Waals surface area (Å²) in [6.07, 6.45) is 3.90. The van der Waals surface area contributed by atoms with Gasteiger partial charge in [-0.3, -0.25) is 0 Å². The molecule has 3 aromatic rings. The molecule has 4 rings (SSSR count). The summed E-state index contributed by atoms with van der Waals surface area (Å²) in [5.41, 5.74) is 15.2. The molecule has 2 aromatic heterocycles. The first kappa shape index (κ1) is 16.3. The standard InChI is InChI=1S/C18H21N7O/c19-8-11-3-5-25(10-11)17-16-15(4-6-26-16)23-18(24-17)22-13-2-1-12(9-20)14(21)7-13/h1-2,4,6-7,9,11,20H,3,5,8,10,19,21H2,(H,22,23,24). The van der Waals surface area contributed by atoms with Gasteiger partial charge >= 0.3 is 0 Å². The van der Waals surface area contributed by atoms with Crippen LogP contribution in [0.25, 0.3) is 11.1 Å².